The van der Waals surface area contributed by atoms with Crippen LogP contribution in [0.1, 0.15) is 12.6 Å². The highest BCUT2D eigenvalue weighted by atomic mass is 16.5. The number of aryl methyl sites for hydroxylation is 1. The van der Waals surface area contributed by atoms with Crippen molar-refractivity contribution >= 4 is 17.5 Å². The number of nitrogens with zero attached hydrogens (tertiary/aromatic N) is 2. The molecule has 2 amide bonds. The van der Waals surface area contributed by atoms with E-state index in [9.17, 15) is 14.7 Å². The van der Waals surface area contributed by atoms with Gasteiger partial charge in [0.2, 0.25) is 5.91 Å². The molecule has 0 radical (unpaired) electrons. The standard InChI is InChI=1S/C18H24N6O4/c1-18(10-25,17(20)27)23-16(26)15(21-2)13-8-12(4-5-14(13)19)28-9-11-6-7-22-24(11)3/h4-8,19,21,25H,9-10H2,1-3H3,(H2,20,27)(H,23,26)/b15-13-,19-14?. The van der Waals surface area contributed by atoms with Crippen molar-refractivity contribution in [1.29, 1.82) is 5.41 Å². The van der Waals surface area contributed by atoms with E-state index < -0.39 is 24.0 Å². The normalized spacial score (nSPS) is 17.4. The molecule has 0 bridgehead atoms. The van der Waals surface area contributed by atoms with Gasteiger partial charge in [0.05, 0.1) is 18.0 Å². The molecule has 1 unspecified atom stereocenters. The number of rotatable bonds is 8. The van der Waals surface area contributed by atoms with Crippen molar-refractivity contribution in [2.75, 3.05) is 13.7 Å². The van der Waals surface area contributed by atoms with Crippen LogP contribution in [0.3, 0.4) is 0 Å². The van der Waals surface area contributed by atoms with E-state index in [4.69, 9.17) is 15.9 Å². The number of aromatic nitrogens is 2. The minimum Gasteiger partial charge on any atom is -0.487 e. The first-order valence-corrected chi connectivity index (χ1v) is 8.45. The molecule has 150 valence electrons. The van der Waals surface area contributed by atoms with Gasteiger partial charge in [-0.2, -0.15) is 5.10 Å². The molecule has 10 nitrogen and oxygen atoms in total. The Balaban J connectivity index is 2.27. The molecule has 1 heterocycles. The SMILES string of the molecule is CN/C(C(=O)NC(C)(CO)C(N)=O)=C1/C=C(OCc2ccnn2C)C=CC1=N. The molecule has 0 saturated carbocycles. The van der Waals surface area contributed by atoms with Crippen molar-refractivity contribution in [3.8, 4) is 0 Å². The Labute approximate surface area is 162 Å². The molecule has 2 rings (SSSR count). The van der Waals surface area contributed by atoms with Gasteiger partial charge < -0.3 is 31.6 Å². The Hall–Kier alpha value is -3.40. The van der Waals surface area contributed by atoms with Crippen molar-refractivity contribution in [3.63, 3.8) is 0 Å². The van der Waals surface area contributed by atoms with E-state index in [1.807, 2.05) is 6.07 Å². The number of hydrogen-bond donors (Lipinski definition) is 5. The molecule has 1 aliphatic rings. The Morgan fingerprint density at radius 3 is 2.68 bits per heavy atom. The van der Waals surface area contributed by atoms with Gasteiger partial charge in [0.1, 0.15) is 23.6 Å². The van der Waals surface area contributed by atoms with Crippen LogP contribution in [-0.4, -0.2) is 51.6 Å². The summed E-state index contributed by atoms with van der Waals surface area (Å²) in [5.41, 5.74) is 4.87. The predicted molar refractivity (Wildman–Crippen MR) is 102 cm³/mol. The average Bonchev–Trinajstić information content (AvgIpc) is 3.07. The number of aliphatic hydroxyl groups excluding tert-OH is 1. The molecule has 0 aliphatic heterocycles. The summed E-state index contributed by atoms with van der Waals surface area (Å²) in [5.74, 6) is -1.11. The van der Waals surface area contributed by atoms with E-state index in [2.05, 4.69) is 15.7 Å². The zero-order chi connectivity index (χ0) is 20.9. The molecule has 0 spiro atoms. The maximum Gasteiger partial charge on any atom is 0.268 e. The Morgan fingerprint density at radius 2 is 2.14 bits per heavy atom. The van der Waals surface area contributed by atoms with Gasteiger partial charge in [0.25, 0.3) is 5.91 Å². The minimum absolute atomic E-state index is 0.0388. The van der Waals surface area contributed by atoms with Crippen LogP contribution in [-0.2, 0) is 28.0 Å². The van der Waals surface area contributed by atoms with E-state index >= 15 is 0 Å². The van der Waals surface area contributed by atoms with Crippen LogP contribution in [0, 0.1) is 5.41 Å². The van der Waals surface area contributed by atoms with Gasteiger partial charge in [0.15, 0.2) is 0 Å². The van der Waals surface area contributed by atoms with Gasteiger partial charge in [-0.3, -0.25) is 14.3 Å². The zero-order valence-corrected chi connectivity index (χ0v) is 15.9. The van der Waals surface area contributed by atoms with Crippen LogP contribution in [0.4, 0.5) is 0 Å². The lowest BCUT2D eigenvalue weighted by Gasteiger charge is -2.26. The monoisotopic (exact) mass is 388 g/mol. The van der Waals surface area contributed by atoms with Crippen molar-refractivity contribution in [1.82, 2.24) is 20.4 Å². The molecule has 1 aromatic heterocycles. The topological polar surface area (TPSA) is 155 Å². The maximum atomic E-state index is 12.6. The second-order valence-electron chi connectivity index (χ2n) is 6.38. The fourth-order valence-electron chi connectivity index (χ4n) is 2.38. The summed E-state index contributed by atoms with van der Waals surface area (Å²) in [6.45, 7) is 0.917. The van der Waals surface area contributed by atoms with Gasteiger partial charge in [-0.15, -0.1) is 0 Å². The number of primary amides is 1. The Bertz CT molecular complexity index is 882. The van der Waals surface area contributed by atoms with Crippen LogP contribution >= 0.6 is 0 Å². The highest BCUT2D eigenvalue weighted by Crippen LogP contribution is 2.19. The van der Waals surface area contributed by atoms with Crippen molar-refractivity contribution < 1.29 is 19.4 Å². The average molecular weight is 388 g/mol. The summed E-state index contributed by atoms with van der Waals surface area (Å²) < 4.78 is 7.41. The minimum atomic E-state index is -1.63. The second kappa shape index (κ2) is 8.53. The molecule has 28 heavy (non-hydrogen) atoms. The number of hydrogen-bond acceptors (Lipinski definition) is 7. The van der Waals surface area contributed by atoms with Crippen molar-refractivity contribution in [2.45, 2.75) is 19.1 Å². The van der Waals surface area contributed by atoms with Crippen LogP contribution in [0.5, 0.6) is 0 Å². The molecule has 10 heteroatoms. The number of nitrogens with one attached hydrogen (secondary N) is 3. The Kier molecular flexibility index (Phi) is 6.37. The van der Waals surface area contributed by atoms with E-state index in [0.29, 0.717) is 5.76 Å². The lowest BCUT2D eigenvalue weighted by molar-refractivity contribution is -0.131. The van der Waals surface area contributed by atoms with Crippen LogP contribution in [0.25, 0.3) is 0 Å². The fraction of sp³-hybridized carbons (Fsp3) is 0.333. The summed E-state index contributed by atoms with van der Waals surface area (Å²) in [6, 6.07) is 1.82. The van der Waals surface area contributed by atoms with E-state index in [-0.39, 0.29) is 23.6 Å². The molecule has 1 aliphatic carbocycles. The molecule has 1 aromatic rings. The number of carbonyl (C=O) groups excluding carboxylic acids is 2. The quantitative estimate of drug-likeness (QED) is 0.369. The number of nitrogens with two attached hydrogens (primary N) is 1. The molecule has 0 fully saturated rings. The third kappa shape index (κ3) is 4.46. The summed E-state index contributed by atoms with van der Waals surface area (Å²) in [7, 11) is 3.31. The third-order valence-corrected chi connectivity index (χ3v) is 4.30. The summed E-state index contributed by atoms with van der Waals surface area (Å²) in [6.07, 6.45) is 6.32. The lowest BCUT2D eigenvalue weighted by Crippen LogP contribution is -2.58. The number of carbonyl (C=O) groups is 2. The third-order valence-electron chi connectivity index (χ3n) is 4.30. The van der Waals surface area contributed by atoms with Crippen LogP contribution in [0.2, 0.25) is 0 Å². The number of amides is 2. The fourth-order valence-corrected chi connectivity index (χ4v) is 2.38. The zero-order valence-electron chi connectivity index (χ0n) is 15.9. The maximum absolute atomic E-state index is 12.6. The molecule has 1 atom stereocenters. The van der Waals surface area contributed by atoms with Crippen LogP contribution in [0.15, 0.2) is 47.5 Å². The van der Waals surface area contributed by atoms with Gasteiger partial charge in [-0.1, -0.05) is 0 Å². The smallest absolute Gasteiger partial charge is 0.268 e. The van der Waals surface area contributed by atoms with Crippen molar-refractivity contribution in [2.24, 2.45) is 12.8 Å². The molecular weight excluding hydrogens is 364 g/mol. The molecule has 0 saturated heterocycles. The number of allylic oxidation sites excluding steroid dienone is 4. The molecule has 6 N–H and O–H groups in total. The highest BCUT2D eigenvalue weighted by molar-refractivity contribution is 6.15. The van der Waals surface area contributed by atoms with E-state index in [1.165, 1.54) is 20.0 Å². The first-order valence-electron chi connectivity index (χ1n) is 8.45. The number of aliphatic hydroxyl groups is 1. The second-order valence-corrected chi connectivity index (χ2v) is 6.38. The predicted octanol–water partition coefficient (Wildman–Crippen LogP) is -0.764. The van der Waals surface area contributed by atoms with Gasteiger partial charge in [-0.05, 0) is 31.2 Å². The Morgan fingerprint density at radius 1 is 1.43 bits per heavy atom. The number of ether oxygens (including phenoxy) is 1. The lowest BCUT2D eigenvalue weighted by atomic mass is 9.99. The van der Waals surface area contributed by atoms with E-state index in [0.717, 1.165) is 5.69 Å². The van der Waals surface area contributed by atoms with Crippen LogP contribution < -0.4 is 16.4 Å². The summed E-state index contributed by atoms with van der Waals surface area (Å²) in [5, 5.41) is 26.7. The number of likely N-dealkylation sites (N-methyl/N-ethyl adjacent to an activating group) is 1. The van der Waals surface area contributed by atoms with E-state index in [1.54, 1.807) is 30.1 Å². The van der Waals surface area contributed by atoms with Crippen molar-refractivity contribution in [3.05, 3.63) is 53.2 Å². The van der Waals surface area contributed by atoms with Gasteiger partial charge in [-0.25, -0.2) is 0 Å². The summed E-state index contributed by atoms with van der Waals surface area (Å²) in [4.78, 5) is 24.2. The van der Waals surface area contributed by atoms with Gasteiger partial charge >= 0.3 is 0 Å². The molecular formula is C18H24N6O4. The molecule has 0 aromatic carbocycles. The first kappa shape index (κ1) is 20.9. The highest BCUT2D eigenvalue weighted by Gasteiger charge is 2.33. The summed E-state index contributed by atoms with van der Waals surface area (Å²) >= 11 is 0. The first-order chi connectivity index (χ1) is 13.2. The largest absolute Gasteiger partial charge is 0.487 e. The van der Waals surface area contributed by atoms with Gasteiger partial charge in [0, 0.05) is 25.9 Å².